The van der Waals surface area contributed by atoms with Crippen LogP contribution in [0.2, 0.25) is 0 Å². The molecule has 27 heavy (non-hydrogen) atoms. The minimum absolute atomic E-state index is 0.135. The van der Waals surface area contributed by atoms with Gasteiger partial charge in [0.25, 0.3) is 5.88 Å². The molecule has 2 aliphatic rings. The smallest absolute Gasteiger partial charge is 0.327 e. The molecule has 2 saturated heterocycles. The largest absolute Gasteiger partial charge is 0.470 e. The lowest BCUT2D eigenvalue weighted by Gasteiger charge is -2.33. The van der Waals surface area contributed by atoms with Crippen molar-refractivity contribution in [3.8, 4) is 5.88 Å². The third-order valence-corrected chi connectivity index (χ3v) is 4.78. The summed E-state index contributed by atoms with van der Waals surface area (Å²) in [5.41, 5.74) is 0.267. The summed E-state index contributed by atoms with van der Waals surface area (Å²) < 4.78 is 19.8. The molecule has 3 heterocycles. The van der Waals surface area contributed by atoms with Crippen molar-refractivity contribution in [2.45, 2.75) is 32.8 Å². The van der Waals surface area contributed by atoms with Gasteiger partial charge in [-0.2, -0.15) is 9.37 Å². The Morgan fingerprint density at radius 1 is 1.22 bits per heavy atom. The first kappa shape index (κ1) is 19.0. The summed E-state index contributed by atoms with van der Waals surface area (Å²) in [6.45, 7) is 5.03. The van der Waals surface area contributed by atoms with Gasteiger partial charge in [-0.05, 0) is 13.3 Å². The maximum atomic E-state index is 14.2. The SMILES string of the molecule is CCc1ncnc(O[C@H]2CCN(C(=O)N3CCN(CC)C(=O)C3=O)C2)c1F. The van der Waals surface area contributed by atoms with E-state index in [2.05, 4.69) is 9.97 Å². The van der Waals surface area contributed by atoms with Crippen LogP contribution < -0.4 is 4.74 Å². The van der Waals surface area contributed by atoms with Crippen molar-refractivity contribution < 1.29 is 23.5 Å². The van der Waals surface area contributed by atoms with Crippen LogP contribution in [0.15, 0.2) is 6.33 Å². The first-order valence-corrected chi connectivity index (χ1v) is 9.01. The summed E-state index contributed by atoms with van der Waals surface area (Å²) in [5.74, 6) is -2.21. The number of carbonyl (C=O) groups is 3. The van der Waals surface area contributed by atoms with E-state index >= 15 is 0 Å². The van der Waals surface area contributed by atoms with Crippen LogP contribution in [0.4, 0.5) is 9.18 Å². The number of urea groups is 1. The standard InChI is InChI=1S/C17H22FN5O4/c1-3-12-13(18)14(20-10-19-12)27-11-5-6-22(9-11)17(26)23-8-7-21(4-2)15(24)16(23)25/h10-11H,3-9H2,1-2H3/t11-/m0/s1. The lowest BCUT2D eigenvalue weighted by molar-refractivity contribution is -0.153. The van der Waals surface area contributed by atoms with Gasteiger partial charge in [-0.1, -0.05) is 6.92 Å². The molecule has 3 rings (SSSR count). The zero-order chi connectivity index (χ0) is 19.6. The number of likely N-dealkylation sites (N-methyl/N-ethyl adjacent to an activating group) is 1. The molecule has 1 aromatic rings. The molecule has 146 valence electrons. The first-order valence-electron chi connectivity index (χ1n) is 9.01. The normalized spacial score (nSPS) is 20.4. The Balaban J connectivity index is 1.62. The van der Waals surface area contributed by atoms with Crippen LogP contribution in [-0.2, 0) is 16.0 Å². The van der Waals surface area contributed by atoms with E-state index in [0.29, 0.717) is 32.5 Å². The lowest BCUT2D eigenvalue weighted by Crippen LogP contribution is -2.58. The molecule has 0 spiro atoms. The molecule has 0 radical (unpaired) electrons. The van der Waals surface area contributed by atoms with Crippen LogP contribution in [-0.4, -0.2) is 81.3 Å². The Labute approximate surface area is 156 Å². The first-order chi connectivity index (χ1) is 13.0. The molecular formula is C17H22FN5O4. The van der Waals surface area contributed by atoms with Crippen molar-refractivity contribution in [3.05, 3.63) is 17.8 Å². The number of carbonyl (C=O) groups excluding carboxylic acids is 3. The van der Waals surface area contributed by atoms with Gasteiger partial charge in [0, 0.05) is 32.6 Å². The van der Waals surface area contributed by atoms with Crippen LogP contribution in [0.3, 0.4) is 0 Å². The summed E-state index contributed by atoms with van der Waals surface area (Å²) >= 11 is 0. The second-order valence-electron chi connectivity index (χ2n) is 6.39. The van der Waals surface area contributed by atoms with Crippen LogP contribution in [0.1, 0.15) is 26.0 Å². The number of hydrogen-bond donors (Lipinski definition) is 0. The molecule has 2 fully saturated rings. The second-order valence-corrected chi connectivity index (χ2v) is 6.39. The molecule has 0 aromatic carbocycles. The number of piperazine rings is 1. The van der Waals surface area contributed by atoms with Crippen molar-refractivity contribution in [3.63, 3.8) is 0 Å². The highest BCUT2D eigenvalue weighted by molar-refractivity contribution is 6.38. The predicted molar refractivity (Wildman–Crippen MR) is 91.3 cm³/mol. The molecule has 2 aliphatic heterocycles. The maximum absolute atomic E-state index is 14.2. The number of aromatic nitrogens is 2. The fourth-order valence-electron chi connectivity index (χ4n) is 3.20. The van der Waals surface area contributed by atoms with E-state index in [9.17, 15) is 18.8 Å². The molecule has 0 saturated carbocycles. The fourth-order valence-corrected chi connectivity index (χ4v) is 3.20. The molecular weight excluding hydrogens is 357 g/mol. The van der Waals surface area contributed by atoms with Gasteiger partial charge in [0.2, 0.25) is 5.82 Å². The molecule has 10 heteroatoms. The van der Waals surface area contributed by atoms with E-state index in [-0.39, 0.29) is 24.7 Å². The molecule has 0 bridgehead atoms. The number of nitrogens with zero attached hydrogens (tertiary/aromatic N) is 5. The van der Waals surface area contributed by atoms with Crippen LogP contribution in [0.5, 0.6) is 5.88 Å². The van der Waals surface area contributed by atoms with E-state index in [0.717, 1.165) is 4.90 Å². The van der Waals surface area contributed by atoms with Gasteiger partial charge in [-0.15, -0.1) is 0 Å². The minimum Gasteiger partial charge on any atom is -0.470 e. The molecule has 4 amide bonds. The summed E-state index contributed by atoms with van der Waals surface area (Å²) in [6.07, 6.45) is 1.70. The van der Waals surface area contributed by atoms with Crippen molar-refractivity contribution in [2.75, 3.05) is 32.7 Å². The van der Waals surface area contributed by atoms with Gasteiger partial charge in [0.05, 0.1) is 12.2 Å². The van der Waals surface area contributed by atoms with E-state index in [1.807, 2.05) is 0 Å². The third kappa shape index (κ3) is 3.69. The third-order valence-electron chi connectivity index (χ3n) is 4.78. The van der Waals surface area contributed by atoms with Gasteiger partial charge in [-0.25, -0.2) is 9.78 Å². The highest BCUT2D eigenvalue weighted by Crippen LogP contribution is 2.22. The van der Waals surface area contributed by atoms with Gasteiger partial charge >= 0.3 is 17.8 Å². The minimum atomic E-state index is -0.813. The van der Waals surface area contributed by atoms with E-state index in [4.69, 9.17) is 4.74 Å². The van der Waals surface area contributed by atoms with Crippen molar-refractivity contribution in [1.82, 2.24) is 24.7 Å². The highest BCUT2D eigenvalue weighted by Gasteiger charge is 2.39. The quantitative estimate of drug-likeness (QED) is 0.705. The van der Waals surface area contributed by atoms with Crippen molar-refractivity contribution >= 4 is 17.8 Å². The zero-order valence-corrected chi connectivity index (χ0v) is 15.4. The van der Waals surface area contributed by atoms with E-state index < -0.39 is 29.8 Å². The Kier molecular flexibility index (Phi) is 5.52. The second kappa shape index (κ2) is 7.85. The molecule has 0 unspecified atom stereocenters. The van der Waals surface area contributed by atoms with Crippen molar-refractivity contribution in [1.29, 1.82) is 0 Å². The Morgan fingerprint density at radius 2 is 2.00 bits per heavy atom. The van der Waals surface area contributed by atoms with Gasteiger partial charge < -0.3 is 14.5 Å². The van der Waals surface area contributed by atoms with Crippen LogP contribution >= 0.6 is 0 Å². The molecule has 1 aromatic heterocycles. The Hall–Kier alpha value is -2.78. The summed E-state index contributed by atoms with van der Waals surface area (Å²) in [4.78, 5) is 48.3. The fraction of sp³-hybridized carbons (Fsp3) is 0.588. The number of hydrogen-bond acceptors (Lipinski definition) is 6. The van der Waals surface area contributed by atoms with Gasteiger partial charge in [0.15, 0.2) is 0 Å². The number of ether oxygens (including phenoxy) is 1. The topological polar surface area (TPSA) is 95.9 Å². The number of amides is 4. The number of imide groups is 1. The maximum Gasteiger partial charge on any atom is 0.327 e. The Bertz CT molecular complexity index is 759. The monoisotopic (exact) mass is 379 g/mol. The van der Waals surface area contributed by atoms with Crippen molar-refractivity contribution in [2.24, 2.45) is 0 Å². The molecule has 0 N–H and O–H groups in total. The number of halogens is 1. The molecule has 0 aliphatic carbocycles. The summed E-state index contributed by atoms with van der Waals surface area (Å²) in [6, 6.07) is -0.521. The average molecular weight is 379 g/mol. The molecule has 1 atom stereocenters. The number of aryl methyl sites for hydroxylation is 1. The van der Waals surface area contributed by atoms with Gasteiger partial charge in [0.1, 0.15) is 12.4 Å². The van der Waals surface area contributed by atoms with E-state index in [1.165, 1.54) is 16.1 Å². The highest BCUT2D eigenvalue weighted by atomic mass is 19.1. The Morgan fingerprint density at radius 3 is 2.70 bits per heavy atom. The van der Waals surface area contributed by atoms with Crippen LogP contribution in [0, 0.1) is 5.82 Å². The van der Waals surface area contributed by atoms with Gasteiger partial charge in [-0.3, -0.25) is 14.5 Å². The van der Waals surface area contributed by atoms with Crippen LogP contribution in [0.25, 0.3) is 0 Å². The number of rotatable bonds is 4. The summed E-state index contributed by atoms with van der Waals surface area (Å²) in [7, 11) is 0. The predicted octanol–water partition coefficient (Wildman–Crippen LogP) is 0.442. The summed E-state index contributed by atoms with van der Waals surface area (Å²) in [5, 5.41) is 0. The lowest BCUT2D eigenvalue weighted by atomic mass is 10.3. The number of likely N-dealkylation sites (tertiary alicyclic amines) is 1. The zero-order valence-electron chi connectivity index (χ0n) is 15.4. The van der Waals surface area contributed by atoms with E-state index in [1.54, 1.807) is 13.8 Å². The molecule has 9 nitrogen and oxygen atoms in total. The average Bonchev–Trinajstić information content (AvgIpc) is 3.13.